The van der Waals surface area contributed by atoms with Gasteiger partial charge >= 0.3 is 155 Å². The van der Waals surface area contributed by atoms with Crippen molar-refractivity contribution in [1.82, 2.24) is 4.98 Å². The third-order valence-electron chi connectivity index (χ3n) is 6.42. The third-order valence-corrected chi connectivity index (χ3v) is 10.8. The number of fused-ring (bicyclic) bond motifs is 3. The van der Waals surface area contributed by atoms with Crippen LogP contribution >= 0.6 is 0 Å². The van der Waals surface area contributed by atoms with Gasteiger partial charge in [0.1, 0.15) is 0 Å². The molecule has 2 aromatic heterocycles. The number of furan rings is 1. The normalized spacial score (nSPS) is 12.5. The molecular formula is C31H33GeNO. The summed E-state index contributed by atoms with van der Waals surface area (Å²) in [6.45, 7) is 6.80. The molecule has 0 atom stereocenters. The zero-order valence-electron chi connectivity index (χ0n) is 21.1. The first-order chi connectivity index (χ1) is 16.1. The van der Waals surface area contributed by atoms with E-state index in [0.717, 1.165) is 39.6 Å². The Morgan fingerprint density at radius 1 is 0.794 bits per heavy atom. The second-order valence-electron chi connectivity index (χ2n) is 11.6. The molecule has 3 aromatic carbocycles. The zero-order valence-corrected chi connectivity index (χ0v) is 23.2. The van der Waals surface area contributed by atoms with E-state index in [1.807, 2.05) is 6.20 Å². The second kappa shape index (κ2) is 8.42. The van der Waals surface area contributed by atoms with Gasteiger partial charge in [-0.2, -0.15) is 0 Å². The SMILES string of the molecule is CC(C)(C)Cc1ccnc(-c2cccc3c2oc2cc(-c4cc[c]([Ge]([CH3])([CH3])[CH3])cc4)ccc23)c1. The Kier molecular flexibility index (Phi) is 5.68. The van der Waals surface area contributed by atoms with Gasteiger partial charge in [0.25, 0.3) is 0 Å². The summed E-state index contributed by atoms with van der Waals surface area (Å²) in [5.74, 6) is 7.29. The van der Waals surface area contributed by atoms with Gasteiger partial charge in [-0.1, -0.05) is 20.8 Å². The Morgan fingerprint density at radius 2 is 1.53 bits per heavy atom. The fraction of sp³-hybridized carbons (Fsp3) is 0.258. The number of hydrogen-bond acceptors (Lipinski definition) is 2. The maximum absolute atomic E-state index is 6.49. The van der Waals surface area contributed by atoms with E-state index in [4.69, 9.17) is 9.40 Å². The summed E-state index contributed by atoms with van der Waals surface area (Å²) in [5, 5.41) is 2.28. The molecule has 0 N–H and O–H groups in total. The molecule has 0 spiro atoms. The van der Waals surface area contributed by atoms with Crippen molar-refractivity contribution in [2.75, 3.05) is 0 Å². The van der Waals surface area contributed by atoms with Crippen LogP contribution in [0, 0.1) is 5.41 Å². The van der Waals surface area contributed by atoms with Crippen LogP contribution in [0.3, 0.4) is 0 Å². The monoisotopic (exact) mass is 509 g/mol. The van der Waals surface area contributed by atoms with Crippen molar-refractivity contribution in [3.05, 3.63) is 84.6 Å². The van der Waals surface area contributed by atoms with Gasteiger partial charge in [-0.05, 0) is 23.5 Å². The number of aromatic nitrogens is 1. The summed E-state index contributed by atoms with van der Waals surface area (Å²) in [6, 6.07) is 26.4. The van der Waals surface area contributed by atoms with Crippen LogP contribution in [0.1, 0.15) is 26.3 Å². The van der Waals surface area contributed by atoms with Crippen LogP contribution in [0.4, 0.5) is 0 Å². The summed E-state index contributed by atoms with van der Waals surface area (Å²) in [7, 11) is 0. The Hall–Kier alpha value is -2.85. The van der Waals surface area contributed by atoms with E-state index in [2.05, 4.69) is 111 Å². The van der Waals surface area contributed by atoms with Crippen molar-refractivity contribution in [2.24, 2.45) is 5.41 Å². The molecule has 0 aliphatic carbocycles. The standard InChI is InChI=1S/C31H33GeNO/c1-31(2,3)20-21-16-17-33-28(18-21)27-9-7-8-26-25-15-12-23(19-29(25)34-30(26)27)22-10-13-24(14-11-22)32(4,5)6/h7-19H,20H2,1-6H3. The predicted molar refractivity (Wildman–Crippen MR) is 149 cm³/mol. The van der Waals surface area contributed by atoms with E-state index in [-0.39, 0.29) is 5.41 Å². The van der Waals surface area contributed by atoms with Crippen LogP contribution in [-0.4, -0.2) is 18.3 Å². The van der Waals surface area contributed by atoms with Crippen LogP contribution in [0.25, 0.3) is 44.3 Å². The Morgan fingerprint density at radius 3 is 2.24 bits per heavy atom. The van der Waals surface area contributed by atoms with Crippen LogP contribution in [0.2, 0.25) is 17.3 Å². The molecule has 2 nitrogen and oxygen atoms in total. The van der Waals surface area contributed by atoms with E-state index in [1.165, 1.54) is 21.1 Å². The summed E-state index contributed by atoms with van der Waals surface area (Å²) in [6.07, 6.45) is 2.93. The number of pyridine rings is 1. The average molecular weight is 508 g/mol. The number of benzene rings is 3. The predicted octanol–water partition coefficient (Wildman–Crippen LogP) is 8.45. The number of rotatable bonds is 4. The third kappa shape index (κ3) is 4.56. The summed E-state index contributed by atoms with van der Waals surface area (Å²) >= 11 is -1.81. The first kappa shape index (κ1) is 22.9. The Labute approximate surface area is 205 Å². The first-order valence-electron chi connectivity index (χ1n) is 12.1. The molecule has 0 saturated heterocycles. The van der Waals surface area contributed by atoms with Crippen LogP contribution in [-0.2, 0) is 6.42 Å². The Balaban J connectivity index is 1.58. The zero-order chi connectivity index (χ0) is 24.1. The minimum atomic E-state index is -1.81. The summed E-state index contributed by atoms with van der Waals surface area (Å²) in [4.78, 5) is 4.70. The van der Waals surface area contributed by atoms with E-state index in [9.17, 15) is 0 Å². The van der Waals surface area contributed by atoms with Crippen molar-refractivity contribution in [3.8, 4) is 22.4 Å². The average Bonchev–Trinajstić information content (AvgIpc) is 3.15. The molecule has 0 fully saturated rings. The molecule has 5 aromatic rings. The molecule has 0 saturated carbocycles. The fourth-order valence-electron chi connectivity index (χ4n) is 4.69. The molecule has 0 bridgehead atoms. The number of hydrogen-bond donors (Lipinski definition) is 0. The minimum absolute atomic E-state index is 0.231. The molecule has 0 unspecified atom stereocenters. The molecular weight excluding hydrogens is 475 g/mol. The number of nitrogens with zero attached hydrogens (tertiary/aromatic N) is 1. The molecule has 34 heavy (non-hydrogen) atoms. The van der Waals surface area contributed by atoms with Gasteiger partial charge in [0.2, 0.25) is 0 Å². The molecule has 5 rings (SSSR count). The molecule has 2 heterocycles. The summed E-state index contributed by atoms with van der Waals surface area (Å²) in [5.41, 5.74) is 7.79. The van der Waals surface area contributed by atoms with Gasteiger partial charge in [-0.3, -0.25) is 0 Å². The van der Waals surface area contributed by atoms with E-state index >= 15 is 0 Å². The van der Waals surface area contributed by atoms with Crippen LogP contribution < -0.4 is 4.40 Å². The molecule has 0 aliphatic rings. The molecule has 3 heteroatoms. The molecule has 0 radical (unpaired) electrons. The van der Waals surface area contributed by atoms with Gasteiger partial charge in [0.15, 0.2) is 0 Å². The first-order valence-corrected chi connectivity index (χ1v) is 19.4. The number of para-hydroxylation sites is 1. The van der Waals surface area contributed by atoms with Gasteiger partial charge in [-0.25, -0.2) is 0 Å². The van der Waals surface area contributed by atoms with Crippen molar-refractivity contribution in [1.29, 1.82) is 0 Å². The molecule has 0 aliphatic heterocycles. The molecule has 0 amide bonds. The van der Waals surface area contributed by atoms with Crippen molar-refractivity contribution in [3.63, 3.8) is 0 Å². The topological polar surface area (TPSA) is 26.0 Å². The van der Waals surface area contributed by atoms with Gasteiger partial charge in [0, 0.05) is 6.20 Å². The van der Waals surface area contributed by atoms with E-state index in [0.29, 0.717) is 0 Å². The van der Waals surface area contributed by atoms with E-state index in [1.54, 1.807) is 0 Å². The maximum atomic E-state index is 6.49. The van der Waals surface area contributed by atoms with Gasteiger partial charge in [-0.15, -0.1) is 0 Å². The molecule has 172 valence electrons. The van der Waals surface area contributed by atoms with Crippen LogP contribution in [0.15, 0.2) is 83.4 Å². The van der Waals surface area contributed by atoms with Crippen molar-refractivity contribution in [2.45, 2.75) is 44.5 Å². The van der Waals surface area contributed by atoms with Gasteiger partial charge < -0.3 is 0 Å². The van der Waals surface area contributed by atoms with Crippen molar-refractivity contribution >= 4 is 39.6 Å². The summed E-state index contributed by atoms with van der Waals surface area (Å²) < 4.78 is 8.02. The quantitative estimate of drug-likeness (QED) is 0.228. The Bertz CT molecular complexity index is 1480. The van der Waals surface area contributed by atoms with Crippen molar-refractivity contribution < 1.29 is 4.42 Å². The van der Waals surface area contributed by atoms with E-state index < -0.39 is 13.3 Å². The van der Waals surface area contributed by atoms with Crippen LogP contribution in [0.5, 0.6) is 0 Å². The second-order valence-corrected chi connectivity index (χ2v) is 22.3. The fourth-order valence-corrected chi connectivity index (χ4v) is 7.13. The van der Waals surface area contributed by atoms with Gasteiger partial charge in [0.05, 0.1) is 0 Å².